The Hall–Kier alpha value is -6.91. The van der Waals surface area contributed by atoms with Gasteiger partial charge in [-0.05, 0) is 119 Å². The van der Waals surface area contributed by atoms with Crippen LogP contribution in [0.4, 0.5) is 16.7 Å². The number of rotatable bonds is 16. The summed E-state index contributed by atoms with van der Waals surface area (Å²) >= 11 is 0. The smallest absolute Gasteiger partial charge is 0.407 e. The average molecular weight is 1400 g/mol. The maximum absolute atomic E-state index is 14.7. The van der Waals surface area contributed by atoms with Crippen LogP contribution in [0.25, 0.3) is 0 Å². The molecule has 2 bridgehead atoms. The van der Waals surface area contributed by atoms with Crippen molar-refractivity contribution < 1.29 is 77.3 Å². The van der Waals surface area contributed by atoms with Gasteiger partial charge in [0, 0.05) is 147 Å². The molecule has 1 aliphatic carbocycles. The van der Waals surface area contributed by atoms with Gasteiger partial charge >= 0.3 is 12.1 Å². The highest BCUT2D eigenvalue weighted by Gasteiger charge is 2.53. The fourth-order valence-corrected chi connectivity index (χ4v) is 14.5. The number of fused-ring (bicyclic) bond motifs is 3. The first-order valence-electron chi connectivity index (χ1n) is 36.1. The number of aryl methyl sites for hydroxylation is 1. The van der Waals surface area contributed by atoms with Gasteiger partial charge in [0.15, 0.2) is 5.78 Å². The second-order valence-corrected chi connectivity index (χ2v) is 28.6. The first kappa shape index (κ1) is 78.8. The minimum absolute atomic E-state index is 0.0326. The van der Waals surface area contributed by atoms with Crippen molar-refractivity contribution >= 4 is 53.1 Å². The number of Topliss-reactive ketones (excluding diaryl/α,β-unsaturated/α-hetero) is 3. The van der Waals surface area contributed by atoms with Gasteiger partial charge in [0.1, 0.15) is 36.2 Å². The maximum atomic E-state index is 14.7. The van der Waals surface area contributed by atoms with Crippen molar-refractivity contribution in [1.29, 1.82) is 0 Å². The normalized spacial score (nSPS) is 31.5. The second-order valence-electron chi connectivity index (χ2n) is 28.6. The van der Waals surface area contributed by atoms with E-state index in [0.29, 0.717) is 115 Å². The molecule has 26 nitrogen and oxygen atoms in total. The van der Waals surface area contributed by atoms with Crippen LogP contribution < -0.4 is 15.1 Å². The van der Waals surface area contributed by atoms with Crippen LogP contribution in [0.1, 0.15) is 143 Å². The topological polar surface area (TPSA) is 315 Å². The van der Waals surface area contributed by atoms with Crippen molar-refractivity contribution in [2.24, 2.45) is 35.5 Å². The van der Waals surface area contributed by atoms with E-state index in [2.05, 4.69) is 35.1 Å². The Morgan fingerprint density at radius 1 is 0.740 bits per heavy atom. The Labute approximate surface area is 589 Å². The monoisotopic (exact) mass is 1390 g/mol. The van der Waals surface area contributed by atoms with E-state index in [9.17, 15) is 48.9 Å². The molecule has 1 saturated carbocycles. The molecule has 26 heteroatoms. The number of aromatic nitrogens is 4. The molecule has 5 fully saturated rings. The molecule has 8 rings (SSSR count). The number of allylic oxidation sites excluding steroid dienone is 6. The molecule has 6 aliphatic rings. The van der Waals surface area contributed by atoms with Gasteiger partial charge in [-0.3, -0.25) is 28.9 Å². The minimum atomic E-state index is -2.49. The van der Waals surface area contributed by atoms with Crippen molar-refractivity contribution in [2.45, 2.75) is 200 Å². The Morgan fingerprint density at radius 3 is 2.10 bits per heavy atom. The number of carbonyl (C=O) groups excluding carboxylic acids is 7. The molecule has 3 amide bonds. The maximum Gasteiger partial charge on any atom is 0.407 e. The van der Waals surface area contributed by atoms with Crippen LogP contribution in [0.3, 0.4) is 0 Å². The summed E-state index contributed by atoms with van der Waals surface area (Å²) in [5, 5.41) is 37.4. The van der Waals surface area contributed by atoms with E-state index in [4.69, 9.17) is 28.4 Å². The van der Waals surface area contributed by atoms with Crippen molar-refractivity contribution in [3.8, 4) is 0 Å². The van der Waals surface area contributed by atoms with Crippen LogP contribution in [0.5, 0.6) is 0 Å². The number of hydrogen-bond acceptors (Lipinski definition) is 23. The molecule has 15 atom stereocenters. The molecule has 7 heterocycles. The molecule has 0 aromatic carbocycles. The zero-order valence-electron chi connectivity index (χ0n) is 60.4. The third-order valence-electron chi connectivity index (χ3n) is 21.0. The predicted molar refractivity (Wildman–Crippen MR) is 373 cm³/mol. The van der Waals surface area contributed by atoms with Crippen molar-refractivity contribution in [1.82, 2.24) is 40.0 Å². The summed E-state index contributed by atoms with van der Waals surface area (Å²) in [4.78, 5) is 126. The van der Waals surface area contributed by atoms with Gasteiger partial charge in [-0.15, -0.1) is 0 Å². The third kappa shape index (κ3) is 21.8. The quantitative estimate of drug-likeness (QED) is 0.0626. The van der Waals surface area contributed by atoms with Gasteiger partial charge in [0.05, 0.1) is 37.9 Å². The number of aliphatic hydroxyl groups excluding tert-OH is 2. The average Bonchev–Trinajstić information content (AvgIpc) is 0.773. The minimum Gasteiger partial charge on any atom is -0.460 e. The molecular formula is C74H110N10O16. The molecule has 100 heavy (non-hydrogen) atoms. The van der Waals surface area contributed by atoms with E-state index < -0.39 is 108 Å². The Kier molecular flexibility index (Phi) is 29.8. The molecule has 2 unspecified atom stereocenters. The number of nitrogens with zero attached hydrogens (tertiary/aromatic N) is 9. The summed E-state index contributed by atoms with van der Waals surface area (Å²) in [6.07, 6.45) is 15.3. The van der Waals surface area contributed by atoms with Crippen molar-refractivity contribution in [3.63, 3.8) is 0 Å². The fraction of sp³-hybridized carbons (Fsp3) is 0.689. The largest absolute Gasteiger partial charge is 0.460 e. The summed E-state index contributed by atoms with van der Waals surface area (Å²) in [5.41, 5.74) is 2.75. The van der Waals surface area contributed by atoms with Gasteiger partial charge in [0.25, 0.3) is 11.7 Å². The van der Waals surface area contributed by atoms with E-state index in [1.165, 1.54) is 6.08 Å². The van der Waals surface area contributed by atoms with Gasteiger partial charge < -0.3 is 68.7 Å². The van der Waals surface area contributed by atoms with Gasteiger partial charge in [-0.2, -0.15) is 0 Å². The van der Waals surface area contributed by atoms with Gasteiger partial charge in [-0.1, -0.05) is 71.1 Å². The number of hydrogen-bond donors (Lipinski definition) is 4. The number of methoxy groups -OCH3 is 2. The Balaban J connectivity index is 0.843. The third-order valence-corrected chi connectivity index (χ3v) is 21.0. The van der Waals surface area contributed by atoms with Gasteiger partial charge in [0.2, 0.25) is 23.6 Å². The summed E-state index contributed by atoms with van der Waals surface area (Å²) in [6.45, 7) is 21.7. The number of piperazine rings is 2. The number of aliphatic hydroxyl groups is 3. The molecule has 4 saturated heterocycles. The van der Waals surface area contributed by atoms with Crippen molar-refractivity contribution in [2.75, 3.05) is 103 Å². The lowest BCUT2D eigenvalue weighted by Crippen LogP contribution is -2.61. The number of cyclic esters (lactones) is 1. The molecule has 4 N–H and O–H groups in total. The molecular weight excluding hydrogens is 1280 g/mol. The lowest BCUT2D eigenvalue weighted by atomic mass is 9.78. The summed E-state index contributed by atoms with van der Waals surface area (Å²) in [5.74, 6) is -7.93. The number of alkyl carbamates (subject to hydrolysis) is 1. The van der Waals surface area contributed by atoms with Crippen LogP contribution in [0.2, 0.25) is 0 Å². The number of ketones is 3. The number of ether oxygens (including phenoxy) is 6. The van der Waals surface area contributed by atoms with Crippen LogP contribution in [-0.2, 0) is 63.7 Å². The lowest BCUT2D eigenvalue weighted by Gasteiger charge is -2.42. The van der Waals surface area contributed by atoms with Crippen LogP contribution in [-0.4, -0.2) is 239 Å². The first-order chi connectivity index (χ1) is 47.8. The molecule has 2 aromatic heterocycles. The Morgan fingerprint density at radius 2 is 1.42 bits per heavy atom. The van der Waals surface area contributed by atoms with Crippen LogP contribution in [0, 0.1) is 42.4 Å². The molecule has 0 radical (unpaired) electrons. The molecule has 0 spiro atoms. The van der Waals surface area contributed by atoms with Crippen LogP contribution >= 0.6 is 0 Å². The number of amides is 3. The predicted octanol–water partition coefficient (Wildman–Crippen LogP) is 6.23. The first-order valence-corrected chi connectivity index (χ1v) is 36.1. The summed E-state index contributed by atoms with van der Waals surface area (Å²) < 4.78 is 36.2. The van der Waals surface area contributed by atoms with E-state index in [-0.39, 0.29) is 61.5 Å². The highest BCUT2D eigenvalue weighted by Crippen LogP contribution is 2.38. The summed E-state index contributed by atoms with van der Waals surface area (Å²) in [6, 6.07) is -1.22. The van der Waals surface area contributed by atoms with E-state index in [0.717, 1.165) is 54.7 Å². The number of anilines is 2. The highest BCUT2D eigenvalue weighted by molar-refractivity contribution is 6.39. The van der Waals surface area contributed by atoms with E-state index in [1.807, 2.05) is 80.3 Å². The second kappa shape index (κ2) is 37.8. The number of esters is 1. The number of carbonyl (C=O) groups is 7. The van der Waals surface area contributed by atoms with E-state index in [1.54, 1.807) is 54.3 Å². The fourth-order valence-electron chi connectivity index (χ4n) is 14.5. The highest BCUT2D eigenvalue weighted by atomic mass is 16.6. The molecule has 2 aromatic rings. The number of nitrogens with one attached hydrogen (secondary N) is 1. The van der Waals surface area contributed by atoms with Gasteiger partial charge in [-0.25, -0.2) is 29.5 Å². The lowest BCUT2D eigenvalue weighted by molar-refractivity contribution is -0.265. The van der Waals surface area contributed by atoms with Crippen molar-refractivity contribution in [3.05, 3.63) is 83.5 Å². The number of piperidine rings is 1. The SMILES string of the molecule is CO[C@H]1C[C@@H]2CC[C@@H](C)[C@@](O)(O2)C(=O)C(=O)N2CCCC[C@H]2C(=O)OC([C@H](C)CC2CC[C@@H](OC(=O)NCc3cnc(N4CCN(C(=O)CCOCCN5CCN(c6ncc(C)cn6)CC5)CC4)nc3)[C@H](OC)C2)CC(=O)[C@H](C)/C=C(\C)[C@@H](O)[C@@H](O)C(=O)[C@H](C)C[C@H](C)/C=C/C=CC=C1C. The standard InChI is InChI=1S/C74H110N10O16/c1-47-16-12-11-13-17-49(3)61(95-9)40-57-21-19-54(8)74(94,100-57)68(90)69(91)84-24-15-14-18-58(84)70(92)98-62(41-59(85)50(4)37-53(7)66(88)67(89)65(87)52(6)36-47)51(5)38-55-20-22-60(63(39-55)96-10)99-73(93)79-46-56-44-77-72(78-45-56)83-31-29-81(30-32-83)64(86)23-34-97-35-33-80-25-27-82(28-26-80)71-75-42-48(2)43-76-71/h11-13,16-17,37,42-45,47,50-52,54-55,57-58,60-63,66-67,88-89,94H,14-15,18-36,38-41,46H2,1-10H3,(H,79,93)/b13-11?,16-12+,49-17?,53-37+/t47-,50-,51-,52-,54-,55?,57+,58+,60-,61+,62?,63-,66-,67+,74-/m1/s1. The molecule has 552 valence electrons. The zero-order chi connectivity index (χ0) is 72.2. The Bertz CT molecular complexity index is 3170. The summed E-state index contributed by atoms with van der Waals surface area (Å²) in [7, 11) is 3.11. The molecule has 5 aliphatic heterocycles. The van der Waals surface area contributed by atoms with Crippen LogP contribution in [0.15, 0.2) is 72.4 Å². The van der Waals surface area contributed by atoms with E-state index >= 15 is 0 Å². The zero-order valence-corrected chi connectivity index (χ0v) is 60.4.